The van der Waals surface area contributed by atoms with E-state index in [4.69, 9.17) is 13.6 Å². The number of rotatable bonds is 4. The van der Waals surface area contributed by atoms with Gasteiger partial charge in [-0.05, 0) is 30.3 Å². The van der Waals surface area contributed by atoms with E-state index in [1.54, 1.807) is 50.0 Å². The first-order valence-corrected chi connectivity index (χ1v) is 6.14. The summed E-state index contributed by atoms with van der Waals surface area (Å²) in [6.07, 6.45) is 3.14. The molecule has 0 saturated heterocycles. The molecule has 2 heterocycles. The van der Waals surface area contributed by atoms with Gasteiger partial charge in [0.25, 0.3) is 5.91 Å². The van der Waals surface area contributed by atoms with Gasteiger partial charge >= 0.3 is 0 Å². The van der Waals surface area contributed by atoms with Gasteiger partial charge in [0.1, 0.15) is 17.1 Å². The highest BCUT2D eigenvalue weighted by Gasteiger charge is 2.12. The maximum absolute atomic E-state index is 12.1. The van der Waals surface area contributed by atoms with Gasteiger partial charge in [0.15, 0.2) is 0 Å². The average Bonchev–Trinajstić information content (AvgIpc) is 3.14. The van der Waals surface area contributed by atoms with Gasteiger partial charge in [-0.15, -0.1) is 0 Å². The van der Waals surface area contributed by atoms with Crippen LogP contribution in [0.25, 0.3) is 11.0 Å². The molecule has 3 rings (SSSR count). The average molecular weight is 271 g/mol. The van der Waals surface area contributed by atoms with Gasteiger partial charge in [-0.3, -0.25) is 4.79 Å². The second-order valence-electron chi connectivity index (χ2n) is 4.27. The molecule has 3 aromatic rings. The smallest absolute Gasteiger partial charge is 0.251 e. The van der Waals surface area contributed by atoms with Crippen LogP contribution in [0.3, 0.4) is 0 Å². The summed E-state index contributed by atoms with van der Waals surface area (Å²) in [6, 6.07) is 8.76. The van der Waals surface area contributed by atoms with E-state index < -0.39 is 0 Å². The molecule has 5 nitrogen and oxygen atoms in total. The lowest BCUT2D eigenvalue weighted by molar-refractivity contribution is 0.0947. The summed E-state index contributed by atoms with van der Waals surface area (Å²) in [6.45, 7) is 0.338. The summed E-state index contributed by atoms with van der Waals surface area (Å²) in [4.78, 5) is 12.1. The first-order valence-electron chi connectivity index (χ1n) is 6.14. The quantitative estimate of drug-likeness (QED) is 0.792. The number of hydrogen-bond acceptors (Lipinski definition) is 4. The van der Waals surface area contributed by atoms with Crippen LogP contribution >= 0.6 is 0 Å². The highest BCUT2D eigenvalue weighted by atomic mass is 16.5. The minimum Gasteiger partial charge on any atom is -0.496 e. The lowest BCUT2D eigenvalue weighted by atomic mass is 10.1. The van der Waals surface area contributed by atoms with Crippen molar-refractivity contribution in [1.82, 2.24) is 5.32 Å². The number of ether oxygens (including phenoxy) is 1. The lowest BCUT2D eigenvalue weighted by Gasteiger charge is -2.06. The molecule has 0 fully saturated rings. The molecule has 20 heavy (non-hydrogen) atoms. The molecule has 0 spiro atoms. The van der Waals surface area contributed by atoms with Crippen LogP contribution in [0.15, 0.2) is 51.7 Å². The summed E-state index contributed by atoms with van der Waals surface area (Å²) in [7, 11) is 1.56. The van der Waals surface area contributed by atoms with Gasteiger partial charge in [-0.25, -0.2) is 0 Å². The Morgan fingerprint density at radius 2 is 2.15 bits per heavy atom. The van der Waals surface area contributed by atoms with Crippen LogP contribution in [0.4, 0.5) is 0 Å². The van der Waals surface area contributed by atoms with E-state index in [9.17, 15) is 4.79 Å². The predicted octanol–water partition coefficient (Wildman–Crippen LogP) is 2.96. The number of furan rings is 2. The zero-order chi connectivity index (χ0) is 13.9. The largest absolute Gasteiger partial charge is 0.496 e. The number of nitrogens with one attached hydrogen (secondary N) is 1. The SMILES string of the molecule is COc1cc(C(=O)NCc2ccco2)cc2occc12. The number of methoxy groups -OCH3 is 1. The molecule has 0 bridgehead atoms. The summed E-state index contributed by atoms with van der Waals surface area (Å²) < 4.78 is 15.8. The standard InChI is InChI=1S/C15H13NO4/c1-18-13-7-10(8-14-12(13)4-6-20-14)15(17)16-9-11-3-2-5-19-11/h2-8H,9H2,1H3,(H,16,17). The van der Waals surface area contributed by atoms with Crippen LogP contribution in [0.2, 0.25) is 0 Å². The Morgan fingerprint density at radius 3 is 2.90 bits per heavy atom. The molecule has 1 amide bonds. The van der Waals surface area contributed by atoms with E-state index in [2.05, 4.69) is 5.32 Å². The van der Waals surface area contributed by atoms with Crippen molar-refractivity contribution in [2.45, 2.75) is 6.54 Å². The molecule has 0 unspecified atom stereocenters. The predicted molar refractivity (Wildman–Crippen MR) is 72.6 cm³/mol. The Morgan fingerprint density at radius 1 is 1.25 bits per heavy atom. The van der Waals surface area contributed by atoms with Crippen molar-refractivity contribution in [1.29, 1.82) is 0 Å². The molecule has 1 N–H and O–H groups in total. The lowest BCUT2D eigenvalue weighted by Crippen LogP contribution is -2.22. The first kappa shape index (κ1) is 12.3. The molecule has 0 aliphatic rings. The molecule has 0 aliphatic heterocycles. The Hall–Kier alpha value is -2.69. The summed E-state index contributed by atoms with van der Waals surface area (Å²) in [5.41, 5.74) is 1.10. The van der Waals surface area contributed by atoms with Crippen LogP contribution in [-0.4, -0.2) is 13.0 Å². The molecular formula is C15H13NO4. The monoisotopic (exact) mass is 271 g/mol. The van der Waals surface area contributed by atoms with Gasteiger partial charge in [0.05, 0.1) is 31.6 Å². The zero-order valence-corrected chi connectivity index (χ0v) is 10.9. The second-order valence-corrected chi connectivity index (χ2v) is 4.27. The number of carbonyl (C=O) groups excluding carboxylic acids is 1. The Bertz CT molecular complexity index is 728. The minimum absolute atomic E-state index is 0.210. The summed E-state index contributed by atoms with van der Waals surface area (Å²) >= 11 is 0. The van der Waals surface area contributed by atoms with Crippen LogP contribution in [0.5, 0.6) is 5.75 Å². The van der Waals surface area contributed by atoms with E-state index in [1.807, 2.05) is 0 Å². The summed E-state index contributed by atoms with van der Waals surface area (Å²) in [5.74, 6) is 1.10. The molecule has 5 heteroatoms. The van der Waals surface area contributed by atoms with E-state index in [0.29, 0.717) is 29.2 Å². The Kier molecular flexibility index (Phi) is 3.16. The van der Waals surface area contributed by atoms with Crippen molar-refractivity contribution in [2.75, 3.05) is 7.11 Å². The first-order chi connectivity index (χ1) is 9.78. The van der Waals surface area contributed by atoms with E-state index >= 15 is 0 Å². The van der Waals surface area contributed by atoms with Gasteiger partial charge in [-0.1, -0.05) is 0 Å². The molecule has 2 aromatic heterocycles. The third-order valence-corrected chi connectivity index (χ3v) is 3.02. The number of fused-ring (bicyclic) bond motifs is 1. The summed E-state index contributed by atoms with van der Waals surface area (Å²) in [5, 5.41) is 3.62. The van der Waals surface area contributed by atoms with Crippen LogP contribution in [0, 0.1) is 0 Å². The maximum atomic E-state index is 12.1. The fourth-order valence-corrected chi connectivity index (χ4v) is 2.02. The second kappa shape index (κ2) is 5.13. The van der Waals surface area contributed by atoms with Crippen LogP contribution in [-0.2, 0) is 6.54 Å². The highest BCUT2D eigenvalue weighted by molar-refractivity contribution is 5.99. The van der Waals surface area contributed by atoms with Gasteiger partial charge in [0.2, 0.25) is 0 Å². The van der Waals surface area contributed by atoms with Crippen molar-refractivity contribution in [3.63, 3.8) is 0 Å². The van der Waals surface area contributed by atoms with E-state index in [-0.39, 0.29) is 5.91 Å². The number of benzene rings is 1. The number of amides is 1. The van der Waals surface area contributed by atoms with Crippen LogP contribution < -0.4 is 10.1 Å². The fraction of sp³-hybridized carbons (Fsp3) is 0.133. The highest BCUT2D eigenvalue weighted by Crippen LogP contribution is 2.28. The van der Waals surface area contributed by atoms with Gasteiger partial charge in [-0.2, -0.15) is 0 Å². The van der Waals surface area contributed by atoms with E-state index in [0.717, 1.165) is 5.39 Å². The van der Waals surface area contributed by atoms with Crippen molar-refractivity contribution in [2.24, 2.45) is 0 Å². The molecule has 102 valence electrons. The van der Waals surface area contributed by atoms with Crippen molar-refractivity contribution >= 4 is 16.9 Å². The van der Waals surface area contributed by atoms with E-state index in [1.165, 1.54) is 0 Å². The Labute approximate surface area is 115 Å². The Balaban J connectivity index is 1.83. The van der Waals surface area contributed by atoms with Crippen molar-refractivity contribution in [3.8, 4) is 5.75 Å². The molecule has 0 atom stereocenters. The topological polar surface area (TPSA) is 64.6 Å². The van der Waals surface area contributed by atoms with Crippen LogP contribution in [0.1, 0.15) is 16.1 Å². The molecule has 1 aromatic carbocycles. The molecule has 0 radical (unpaired) electrons. The zero-order valence-electron chi connectivity index (χ0n) is 10.9. The number of hydrogen-bond donors (Lipinski definition) is 1. The fourth-order valence-electron chi connectivity index (χ4n) is 2.02. The molecular weight excluding hydrogens is 258 g/mol. The third kappa shape index (κ3) is 2.25. The van der Waals surface area contributed by atoms with Crippen molar-refractivity contribution in [3.05, 3.63) is 54.2 Å². The van der Waals surface area contributed by atoms with Gasteiger partial charge in [0, 0.05) is 5.56 Å². The number of carbonyl (C=O) groups is 1. The van der Waals surface area contributed by atoms with Gasteiger partial charge < -0.3 is 18.9 Å². The van der Waals surface area contributed by atoms with Crippen molar-refractivity contribution < 1.29 is 18.4 Å². The minimum atomic E-state index is -0.210. The normalized spacial score (nSPS) is 10.7. The third-order valence-electron chi connectivity index (χ3n) is 3.02. The molecule has 0 aliphatic carbocycles. The molecule has 0 saturated carbocycles. The maximum Gasteiger partial charge on any atom is 0.251 e.